The number of anilines is 1. The maximum atomic E-state index is 13.7. The van der Waals surface area contributed by atoms with Crippen LogP contribution in [0.5, 0.6) is 23.0 Å². The van der Waals surface area contributed by atoms with Gasteiger partial charge >= 0.3 is 6.09 Å². The van der Waals surface area contributed by atoms with Crippen molar-refractivity contribution in [1.29, 1.82) is 0 Å². The minimum Gasteiger partial charge on any atom is -0.457 e. The van der Waals surface area contributed by atoms with Crippen LogP contribution in [0.2, 0.25) is 0 Å². The summed E-state index contributed by atoms with van der Waals surface area (Å²) in [6.07, 6.45) is -0.443. The zero-order valence-electron chi connectivity index (χ0n) is 23.5. The molecule has 12 heteroatoms. The fraction of sp³-hybridized carbons (Fsp3) is 0.152. The van der Waals surface area contributed by atoms with E-state index in [2.05, 4.69) is 10.6 Å². The van der Waals surface area contributed by atoms with E-state index in [9.17, 15) is 28.0 Å². The SMILES string of the molecule is O=C1CCC(N2Cc3ccc(COC(=O)Nc4ccc(Oc5ccc(F)c(F)c5)cc4)c(Oc4ccccc4)c3C2=O)C(=O)N1. The van der Waals surface area contributed by atoms with E-state index in [0.717, 1.165) is 12.1 Å². The summed E-state index contributed by atoms with van der Waals surface area (Å²) in [4.78, 5) is 51.9. The van der Waals surface area contributed by atoms with Gasteiger partial charge in [0.25, 0.3) is 5.91 Å². The molecule has 4 amide bonds. The number of nitrogens with zero attached hydrogens (tertiary/aromatic N) is 1. The minimum atomic E-state index is -1.04. The lowest BCUT2D eigenvalue weighted by molar-refractivity contribution is -0.136. The molecule has 2 N–H and O–H groups in total. The molecule has 10 nitrogen and oxygen atoms in total. The molecular weight excluding hydrogens is 588 g/mol. The molecular formula is C33H25F2N3O7. The summed E-state index contributed by atoms with van der Waals surface area (Å²) in [5, 5.41) is 4.88. The lowest BCUT2D eigenvalue weighted by Crippen LogP contribution is -2.52. The third-order valence-corrected chi connectivity index (χ3v) is 7.28. The highest BCUT2D eigenvalue weighted by molar-refractivity contribution is 6.06. The summed E-state index contributed by atoms with van der Waals surface area (Å²) in [6, 6.07) is 20.7. The quantitative estimate of drug-likeness (QED) is 0.232. The molecule has 1 fully saturated rings. The first-order chi connectivity index (χ1) is 21.7. The van der Waals surface area contributed by atoms with Crippen LogP contribution < -0.4 is 20.1 Å². The summed E-state index contributed by atoms with van der Waals surface area (Å²) in [7, 11) is 0. The monoisotopic (exact) mass is 613 g/mol. The third kappa shape index (κ3) is 6.44. The van der Waals surface area contributed by atoms with Crippen molar-refractivity contribution in [3.63, 3.8) is 0 Å². The van der Waals surface area contributed by atoms with E-state index in [1.54, 1.807) is 36.4 Å². The van der Waals surface area contributed by atoms with Crippen molar-refractivity contribution in [3.05, 3.63) is 113 Å². The standard InChI is InChI=1S/C33H25F2N3O7/c34-25-13-12-24(16-26(25)35)44-23-10-8-21(9-11-23)36-33(42)43-18-20-7-6-19-17-38(27-14-15-28(39)37-31(27)40)32(41)29(19)30(20)45-22-4-2-1-3-5-22/h1-13,16,27H,14-15,17-18H2,(H,36,42)(H,37,39,40). The van der Waals surface area contributed by atoms with Gasteiger partial charge in [-0.3, -0.25) is 25.0 Å². The third-order valence-electron chi connectivity index (χ3n) is 7.28. The van der Waals surface area contributed by atoms with Gasteiger partial charge in [-0.2, -0.15) is 0 Å². The Labute approximate surface area is 255 Å². The van der Waals surface area contributed by atoms with Crippen LogP contribution in [0.1, 0.15) is 34.3 Å². The molecule has 1 unspecified atom stereocenters. The van der Waals surface area contributed by atoms with Gasteiger partial charge in [-0.1, -0.05) is 30.3 Å². The molecule has 4 aromatic rings. The number of halogens is 2. The summed E-state index contributed by atoms with van der Waals surface area (Å²) in [5.74, 6) is -2.27. The largest absolute Gasteiger partial charge is 0.457 e. The molecule has 2 heterocycles. The van der Waals surface area contributed by atoms with Gasteiger partial charge in [-0.25, -0.2) is 13.6 Å². The smallest absolute Gasteiger partial charge is 0.411 e. The first-order valence-corrected chi connectivity index (χ1v) is 13.9. The van der Waals surface area contributed by atoms with Crippen LogP contribution in [0, 0.1) is 11.6 Å². The van der Waals surface area contributed by atoms with Crippen molar-refractivity contribution in [3.8, 4) is 23.0 Å². The van der Waals surface area contributed by atoms with Crippen molar-refractivity contribution in [1.82, 2.24) is 10.2 Å². The van der Waals surface area contributed by atoms with Crippen molar-refractivity contribution in [2.45, 2.75) is 32.0 Å². The van der Waals surface area contributed by atoms with E-state index < -0.39 is 35.6 Å². The van der Waals surface area contributed by atoms with Crippen LogP contribution in [0.3, 0.4) is 0 Å². The molecule has 2 aliphatic heterocycles. The number of para-hydroxylation sites is 1. The number of amides is 4. The second-order valence-corrected chi connectivity index (χ2v) is 10.3. The van der Waals surface area contributed by atoms with Gasteiger partial charge in [-0.15, -0.1) is 0 Å². The molecule has 45 heavy (non-hydrogen) atoms. The lowest BCUT2D eigenvalue weighted by atomic mass is 10.0. The summed E-state index contributed by atoms with van der Waals surface area (Å²) < 4.78 is 43.7. The number of carbonyl (C=O) groups is 4. The Hall–Kier alpha value is -5.78. The number of fused-ring (bicyclic) bond motifs is 1. The van der Waals surface area contributed by atoms with Crippen LogP contribution in [-0.2, 0) is 27.5 Å². The Balaban J connectivity index is 1.16. The molecule has 0 saturated carbocycles. The second-order valence-electron chi connectivity index (χ2n) is 10.3. The van der Waals surface area contributed by atoms with Gasteiger partial charge in [-0.05, 0) is 60.5 Å². The topological polar surface area (TPSA) is 123 Å². The number of hydrogen-bond donors (Lipinski definition) is 2. The number of nitrogens with one attached hydrogen (secondary N) is 2. The van der Waals surface area contributed by atoms with Crippen LogP contribution >= 0.6 is 0 Å². The molecule has 6 rings (SSSR count). The number of ether oxygens (including phenoxy) is 3. The van der Waals surface area contributed by atoms with Crippen LogP contribution in [0.4, 0.5) is 19.3 Å². The van der Waals surface area contributed by atoms with Gasteiger partial charge in [0.05, 0.1) is 5.56 Å². The molecule has 0 radical (unpaired) electrons. The maximum Gasteiger partial charge on any atom is 0.411 e. The fourth-order valence-electron chi connectivity index (χ4n) is 5.08. The number of hydrogen-bond acceptors (Lipinski definition) is 7. The molecule has 0 aliphatic carbocycles. The molecule has 1 saturated heterocycles. The fourth-order valence-corrected chi connectivity index (χ4v) is 5.08. The first kappa shape index (κ1) is 29.3. The van der Waals surface area contributed by atoms with Crippen molar-refractivity contribution in [2.75, 3.05) is 5.32 Å². The number of piperidine rings is 1. The summed E-state index contributed by atoms with van der Waals surface area (Å²) in [6.45, 7) is -0.0900. The predicted octanol–water partition coefficient (Wildman–Crippen LogP) is 6.06. The van der Waals surface area contributed by atoms with Crippen molar-refractivity contribution in [2.24, 2.45) is 0 Å². The second kappa shape index (κ2) is 12.4. The summed E-state index contributed by atoms with van der Waals surface area (Å²) in [5.41, 5.74) is 1.68. The highest BCUT2D eigenvalue weighted by atomic mass is 19.2. The van der Waals surface area contributed by atoms with Gasteiger partial charge in [0, 0.05) is 30.3 Å². The van der Waals surface area contributed by atoms with Gasteiger partial charge < -0.3 is 19.1 Å². The van der Waals surface area contributed by atoms with Crippen LogP contribution in [0.15, 0.2) is 84.9 Å². The van der Waals surface area contributed by atoms with Crippen LogP contribution in [0.25, 0.3) is 0 Å². The average Bonchev–Trinajstić information content (AvgIpc) is 3.36. The Kier molecular flexibility index (Phi) is 8.10. The van der Waals surface area contributed by atoms with E-state index in [4.69, 9.17) is 14.2 Å². The van der Waals surface area contributed by atoms with Gasteiger partial charge in [0.1, 0.15) is 35.6 Å². The first-order valence-electron chi connectivity index (χ1n) is 13.9. The number of benzene rings is 4. The summed E-state index contributed by atoms with van der Waals surface area (Å²) >= 11 is 0. The molecule has 4 aromatic carbocycles. The van der Waals surface area contributed by atoms with E-state index in [1.165, 1.54) is 35.2 Å². The maximum absolute atomic E-state index is 13.7. The molecule has 2 aliphatic rings. The van der Waals surface area contributed by atoms with Gasteiger partial charge in [0.15, 0.2) is 11.6 Å². The normalized spacial score (nSPS) is 15.7. The van der Waals surface area contributed by atoms with E-state index in [-0.39, 0.29) is 49.0 Å². The van der Waals surface area contributed by atoms with E-state index in [0.29, 0.717) is 28.3 Å². The Bertz CT molecular complexity index is 1800. The molecule has 0 spiro atoms. The zero-order valence-corrected chi connectivity index (χ0v) is 23.5. The number of imide groups is 1. The van der Waals surface area contributed by atoms with Crippen molar-refractivity contribution < 1.29 is 42.2 Å². The molecule has 1 atom stereocenters. The molecule has 0 bridgehead atoms. The predicted molar refractivity (Wildman–Crippen MR) is 156 cm³/mol. The highest BCUT2D eigenvalue weighted by Crippen LogP contribution is 2.39. The Morgan fingerprint density at radius 2 is 1.60 bits per heavy atom. The van der Waals surface area contributed by atoms with E-state index in [1.807, 2.05) is 6.07 Å². The molecule has 0 aromatic heterocycles. The minimum absolute atomic E-state index is 0.107. The van der Waals surface area contributed by atoms with Gasteiger partial charge in [0.2, 0.25) is 11.8 Å². The zero-order chi connectivity index (χ0) is 31.5. The molecule has 228 valence electrons. The Morgan fingerprint density at radius 1 is 0.867 bits per heavy atom. The van der Waals surface area contributed by atoms with E-state index >= 15 is 0 Å². The highest BCUT2D eigenvalue weighted by Gasteiger charge is 2.41. The number of rotatable bonds is 8. The Morgan fingerprint density at radius 3 is 2.33 bits per heavy atom. The number of carbonyl (C=O) groups excluding carboxylic acids is 4. The van der Waals surface area contributed by atoms with Crippen molar-refractivity contribution >= 4 is 29.5 Å². The average molecular weight is 614 g/mol. The van der Waals surface area contributed by atoms with Crippen LogP contribution in [-0.4, -0.2) is 34.8 Å². The lowest BCUT2D eigenvalue weighted by Gasteiger charge is -2.29.